The van der Waals surface area contributed by atoms with E-state index in [-0.39, 0.29) is 28.3 Å². The number of rotatable bonds is 4. The first-order chi connectivity index (χ1) is 13.8. The molecular formula is C21H17ClF3NO2S. The first-order valence-corrected chi connectivity index (χ1v) is 10.5. The number of Topliss-reactive ketones (excluding diaryl/α,β-unsaturated/α-hetero) is 1. The van der Waals surface area contributed by atoms with Crippen molar-refractivity contribution < 1.29 is 22.8 Å². The number of halogens is 4. The molecule has 0 aromatic heterocycles. The second kappa shape index (κ2) is 8.03. The highest BCUT2D eigenvalue weighted by Crippen LogP contribution is 2.46. The first kappa shape index (κ1) is 20.3. The van der Waals surface area contributed by atoms with Crippen LogP contribution in [-0.4, -0.2) is 16.9 Å². The highest BCUT2D eigenvalue weighted by Gasteiger charge is 2.41. The van der Waals surface area contributed by atoms with E-state index in [1.54, 1.807) is 23.9 Å². The summed E-state index contributed by atoms with van der Waals surface area (Å²) >= 11 is 7.85. The van der Waals surface area contributed by atoms with Gasteiger partial charge in [-0.15, -0.1) is 11.8 Å². The van der Waals surface area contributed by atoms with E-state index < -0.39 is 23.4 Å². The van der Waals surface area contributed by atoms with Gasteiger partial charge in [0.25, 0.3) is 5.91 Å². The molecule has 0 radical (unpaired) electrons. The first-order valence-electron chi connectivity index (χ1n) is 9.27. The third kappa shape index (κ3) is 4.16. The van der Waals surface area contributed by atoms with Gasteiger partial charge in [0.15, 0.2) is 17.5 Å². The molecule has 2 saturated carbocycles. The monoisotopic (exact) mass is 439 g/mol. The van der Waals surface area contributed by atoms with Crippen LogP contribution in [-0.2, 0) is 4.79 Å². The zero-order valence-corrected chi connectivity index (χ0v) is 16.8. The van der Waals surface area contributed by atoms with Gasteiger partial charge >= 0.3 is 0 Å². The van der Waals surface area contributed by atoms with Crippen LogP contribution in [0.2, 0.25) is 5.02 Å². The van der Waals surface area contributed by atoms with Gasteiger partial charge in [-0.05, 0) is 43.9 Å². The lowest BCUT2D eigenvalue weighted by Crippen LogP contribution is -2.27. The maximum atomic E-state index is 13.4. The molecule has 2 fully saturated rings. The third-order valence-electron chi connectivity index (χ3n) is 5.49. The normalized spacial score (nSPS) is 23.3. The highest BCUT2D eigenvalue weighted by molar-refractivity contribution is 8.00. The maximum absolute atomic E-state index is 13.4. The molecule has 8 heteroatoms. The summed E-state index contributed by atoms with van der Waals surface area (Å²) in [7, 11) is 0. The molecule has 3 atom stereocenters. The number of hydrogen-bond donors (Lipinski definition) is 1. The summed E-state index contributed by atoms with van der Waals surface area (Å²) in [5.41, 5.74) is 0.0785. The van der Waals surface area contributed by atoms with Crippen molar-refractivity contribution in [2.45, 2.75) is 35.8 Å². The number of hydrogen-bond acceptors (Lipinski definition) is 3. The number of anilines is 1. The highest BCUT2D eigenvalue weighted by atomic mass is 35.5. The van der Waals surface area contributed by atoms with E-state index in [1.807, 2.05) is 0 Å². The predicted molar refractivity (Wildman–Crippen MR) is 106 cm³/mol. The maximum Gasteiger partial charge on any atom is 0.255 e. The van der Waals surface area contributed by atoms with Gasteiger partial charge in [-0.25, -0.2) is 13.2 Å². The van der Waals surface area contributed by atoms with Crippen LogP contribution in [0, 0.1) is 29.3 Å². The zero-order chi connectivity index (χ0) is 20.7. The predicted octanol–water partition coefficient (Wildman–Crippen LogP) is 5.86. The molecule has 0 aliphatic heterocycles. The Hall–Kier alpha value is -1.99. The van der Waals surface area contributed by atoms with Crippen molar-refractivity contribution in [3.8, 4) is 0 Å². The number of benzene rings is 2. The molecule has 152 valence electrons. The zero-order valence-electron chi connectivity index (χ0n) is 15.2. The van der Waals surface area contributed by atoms with Crippen LogP contribution in [0.25, 0.3) is 0 Å². The second-order valence-corrected chi connectivity index (χ2v) is 9.19. The molecule has 2 aliphatic carbocycles. The number of amides is 1. The van der Waals surface area contributed by atoms with E-state index in [1.165, 1.54) is 6.07 Å². The van der Waals surface area contributed by atoms with Gasteiger partial charge in [-0.1, -0.05) is 11.6 Å². The molecule has 0 spiro atoms. The molecule has 2 bridgehead atoms. The van der Waals surface area contributed by atoms with Crippen LogP contribution in [0.3, 0.4) is 0 Å². The average Bonchev–Trinajstić information content (AvgIpc) is 2.89. The van der Waals surface area contributed by atoms with E-state index >= 15 is 0 Å². The SMILES string of the molecule is O=C(Nc1cc(F)c(F)c(F)c1)c1ccc(Cl)c(S[C@@H]2CC3CC[C@@H](C2)C3=O)c1. The Labute approximate surface area is 175 Å². The number of nitrogens with one attached hydrogen (secondary N) is 1. The molecule has 0 saturated heterocycles. The smallest absolute Gasteiger partial charge is 0.255 e. The summed E-state index contributed by atoms with van der Waals surface area (Å²) in [5, 5.41) is 3.11. The number of carbonyl (C=O) groups excluding carboxylic acids is 2. The summed E-state index contributed by atoms with van der Waals surface area (Å²) in [4.78, 5) is 25.3. The van der Waals surface area contributed by atoms with Crippen LogP contribution in [0.15, 0.2) is 35.2 Å². The molecule has 4 rings (SSSR count). The Morgan fingerprint density at radius 3 is 2.28 bits per heavy atom. The van der Waals surface area contributed by atoms with Gasteiger partial charge in [0, 0.05) is 45.4 Å². The largest absolute Gasteiger partial charge is 0.322 e. The summed E-state index contributed by atoms with van der Waals surface area (Å²) in [6.45, 7) is 0. The van der Waals surface area contributed by atoms with Crippen LogP contribution in [0.1, 0.15) is 36.0 Å². The van der Waals surface area contributed by atoms with Gasteiger partial charge in [0.05, 0.1) is 5.02 Å². The van der Waals surface area contributed by atoms with Gasteiger partial charge in [-0.3, -0.25) is 9.59 Å². The number of carbonyl (C=O) groups is 2. The minimum Gasteiger partial charge on any atom is -0.322 e. The third-order valence-corrected chi connectivity index (χ3v) is 7.24. The fraction of sp³-hybridized carbons (Fsp3) is 0.333. The lowest BCUT2D eigenvalue weighted by atomic mass is 9.87. The van der Waals surface area contributed by atoms with E-state index in [2.05, 4.69) is 5.32 Å². The Morgan fingerprint density at radius 1 is 1.03 bits per heavy atom. The number of fused-ring (bicyclic) bond motifs is 2. The van der Waals surface area contributed by atoms with Gasteiger partial charge < -0.3 is 5.32 Å². The summed E-state index contributed by atoms with van der Waals surface area (Å²) < 4.78 is 39.8. The molecule has 0 heterocycles. The molecule has 2 aromatic carbocycles. The summed E-state index contributed by atoms with van der Waals surface area (Å²) in [6, 6.07) is 6.16. The second-order valence-electron chi connectivity index (χ2n) is 7.44. The molecule has 1 unspecified atom stereocenters. The number of ketones is 1. The van der Waals surface area contributed by atoms with Crippen molar-refractivity contribution >= 4 is 40.7 Å². The van der Waals surface area contributed by atoms with Crippen LogP contribution >= 0.6 is 23.4 Å². The minimum absolute atomic E-state index is 0.125. The molecule has 1 amide bonds. The Kier molecular flexibility index (Phi) is 5.62. The molecule has 29 heavy (non-hydrogen) atoms. The summed E-state index contributed by atoms with van der Waals surface area (Å²) in [5.74, 6) is -4.32. The Morgan fingerprint density at radius 2 is 1.66 bits per heavy atom. The van der Waals surface area contributed by atoms with Crippen LogP contribution < -0.4 is 5.32 Å². The lowest BCUT2D eigenvalue weighted by Gasteiger charge is -2.26. The molecular weight excluding hydrogens is 423 g/mol. The van der Waals surface area contributed by atoms with Crippen molar-refractivity contribution in [2.24, 2.45) is 11.8 Å². The Bertz CT molecular complexity index is 961. The van der Waals surface area contributed by atoms with Crippen molar-refractivity contribution in [3.63, 3.8) is 0 Å². The van der Waals surface area contributed by atoms with Gasteiger partial charge in [0.1, 0.15) is 5.78 Å². The molecule has 1 N–H and O–H groups in total. The fourth-order valence-electron chi connectivity index (χ4n) is 4.06. The van der Waals surface area contributed by atoms with Gasteiger partial charge in [-0.2, -0.15) is 0 Å². The van der Waals surface area contributed by atoms with E-state index in [0.717, 1.165) is 42.7 Å². The van der Waals surface area contributed by atoms with E-state index in [0.29, 0.717) is 10.8 Å². The quantitative estimate of drug-likeness (QED) is 0.607. The van der Waals surface area contributed by atoms with Crippen LogP contribution in [0.4, 0.5) is 18.9 Å². The lowest BCUT2D eigenvalue weighted by molar-refractivity contribution is -0.125. The average molecular weight is 440 g/mol. The van der Waals surface area contributed by atoms with E-state index in [4.69, 9.17) is 11.6 Å². The van der Waals surface area contributed by atoms with Crippen molar-refractivity contribution in [3.05, 3.63) is 58.4 Å². The van der Waals surface area contributed by atoms with Crippen molar-refractivity contribution in [1.82, 2.24) is 0 Å². The van der Waals surface area contributed by atoms with Crippen LogP contribution in [0.5, 0.6) is 0 Å². The fourth-order valence-corrected chi connectivity index (χ4v) is 5.70. The Balaban J connectivity index is 1.49. The van der Waals surface area contributed by atoms with Gasteiger partial charge in [0.2, 0.25) is 0 Å². The molecule has 2 aromatic rings. The standard InChI is InChI=1S/C21H17ClF3NO2S/c22-15-4-3-12(21(28)26-13-8-16(23)19(25)17(24)9-13)7-18(15)29-14-5-10-1-2-11(6-14)20(10)27/h3-4,7-11,14H,1-2,5-6H2,(H,26,28)/t10-,11?,14-/m0/s1. The van der Waals surface area contributed by atoms with E-state index in [9.17, 15) is 22.8 Å². The molecule has 2 aliphatic rings. The number of thioether (sulfide) groups is 1. The minimum atomic E-state index is -1.59. The van der Waals surface area contributed by atoms with Crippen molar-refractivity contribution in [1.29, 1.82) is 0 Å². The summed E-state index contributed by atoms with van der Waals surface area (Å²) in [6.07, 6.45) is 3.50. The topological polar surface area (TPSA) is 46.2 Å². The molecule has 3 nitrogen and oxygen atoms in total. The van der Waals surface area contributed by atoms with Crippen molar-refractivity contribution in [2.75, 3.05) is 5.32 Å².